The first-order valence-electron chi connectivity index (χ1n) is 11.1. The van der Waals surface area contributed by atoms with Gasteiger partial charge in [-0.05, 0) is 55.5 Å². The topological polar surface area (TPSA) is 84.4 Å². The van der Waals surface area contributed by atoms with E-state index in [2.05, 4.69) is 15.3 Å². The Morgan fingerprint density at radius 3 is 2.44 bits per heavy atom. The van der Waals surface area contributed by atoms with E-state index in [-0.39, 0.29) is 11.4 Å². The van der Waals surface area contributed by atoms with Gasteiger partial charge in [0, 0.05) is 29.3 Å². The average Bonchev–Trinajstić information content (AvgIpc) is 2.89. The third-order valence-electron chi connectivity index (χ3n) is 5.22. The predicted molar refractivity (Wildman–Crippen MR) is 131 cm³/mol. The molecule has 36 heavy (non-hydrogen) atoms. The summed E-state index contributed by atoms with van der Waals surface area (Å²) >= 11 is 0. The van der Waals surface area contributed by atoms with Crippen LogP contribution in [0, 0.1) is 11.6 Å². The number of nitrogens with one attached hydrogen (secondary N) is 1. The number of benzene rings is 3. The monoisotopic (exact) mass is 488 g/mol. The van der Waals surface area contributed by atoms with Crippen molar-refractivity contribution < 1.29 is 23.1 Å². The number of aromatic nitrogens is 2. The lowest BCUT2D eigenvalue weighted by molar-refractivity contribution is -0.117. The maximum atomic E-state index is 14.3. The molecule has 0 fully saturated rings. The fraction of sp³-hybridized carbons (Fsp3) is 0.111. The highest BCUT2D eigenvalue weighted by Gasteiger charge is 2.36. The fourth-order valence-corrected chi connectivity index (χ4v) is 3.68. The van der Waals surface area contributed by atoms with Crippen molar-refractivity contribution in [2.24, 2.45) is 0 Å². The van der Waals surface area contributed by atoms with E-state index in [9.17, 15) is 18.4 Å². The minimum absolute atomic E-state index is 0.0461. The standard InChI is InChI=1S/C27H22F2N4O3/c1-2-36-24-9-4-3-8-22(24)25(26(34)32-20-12-10-18(28)11-13-20)33(21-7-5-6-19(29)16-21)27(35)23-17-30-14-15-31-23/h3-17,25H,2H2,1H3,(H,32,34)/t25-/m0/s1. The van der Waals surface area contributed by atoms with Gasteiger partial charge in [-0.1, -0.05) is 24.3 Å². The van der Waals surface area contributed by atoms with E-state index < -0.39 is 29.5 Å². The van der Waals surface area contributed by atoms with E-state index in [0.29, 0.717) is 23.6 Å². The van der Waals surface area contributed by atoms with E-state index >= 15 is 0 Å². The van der Waals surface area contributed by atoms with Gasteiger partial charge in [0.15, 0.2) is 0 Å². The Labute approximate surface area is 206 Å². The zero-order chi connectivity index (χ0) is 25.5. The van der Waals surface area contributed by atoms with Crippen LogP contribution in [0.25, 0.3) is 0 Å². The van der Waals surface area contributed by atoms with E-state index in [1.807, 2.05) is 0 Å². The molecule has 2 amide bonds. The van der Waals surface area contributed by atoms with Gasteiger partial charge in [-0.2, -0.15) is 0 Å². The Morgan fingerprint density at radius 2 is 1.75 bits per heavy atom. The van der Waals surface area contributed by atoms with Gasteiger partial charge in [-0.3, -0.25) is 19.5 Å². The largest absolute Gasteiger partial charge is 0.493 e. The van der Waals surface area contributed by atoms with Crippen molar-refractivity contribution in [3.05, 3.63) is 114 Å². The predicted octanol–water partition coefficient (Wildman–Crippen LogP) is 5.18. The summed E-state index contributed by atoms with van der Waals surface area (Å²) < 4.78 is 33.5. The smallest absolute Gasteiger partial charge is 0.279 e. The summed E-state index contributed by atoms with van der Waals surface area (Å²) in [5.74, 6) is -2.01. The number of carbonyl (C=O) groups is 2. The molecule has 0 bridgehead atoms. The quantitative estimate of drug-likeness (QED) is 0.370. The molecular formula is C27H22F2N4O3. The lowest BCUT2D eigenvalue weighted by Gasteiger charge is -2.32. The second kappa shape index (κ2) is 11.2. The first kappa shape index (κ1) is 24.5. The van der Waals surface area contributed by atoms with Crippen LogP contribution in [-0.2, 0) is 4.79 Å². The Bertz CT molecular complexity index is 1350. The molecule has 0 aliphatic heterocycles. The molecule has 4 rings (SSSR count). The van der Waals surface area contributed by atoms with E-state index in [0.717, 1.165) is 11.0 Å². The molecular weight excluding hydrogens is 466 g/mol. The highest BCUT2D eigenvalue weighted by molar-refractivity contribution is 6.11. The molecule has 182 valence electrons. The Morgan fingerprint density at radius 1 is 0.972 bits per heavy atom. The number of anilines is 2. The van der Waals surface area contributed by atoms with Gasteiger partial charge < -0.3 is 10.1 Å². The van der Waals surface area contributed by atoms with Crippen molar-refractivity contribution in [2.75, 3.05) is 16.8 Å². The number of hydrogen-bond acceptors (Lipinski definition) is 5. The molecule has 9 heteroatoms. The molecule has 7 nitrogen and oxygen atoms in total. The minimum atomic E-state index is -1.31. The SMILES string of the molecule is CCOc1ccccc1[C@@H](C(=O)Nc1ccc(F)cc1)N(C(=O)c1cnccn1)c1cccc(F)c1. The van der Waals surface area contributed by atoms with Crippen molar-refractivity contribution in [3.63, 3.8) is 0 Å². The van der Waals surface area contributed by atoms with Crippen LogP contribution in [0.1, 0.15) is 29.0 Å². The summed E-state index contributed by atoms with van der Waals surface area (Å²) in [5, 5.41) is 2.72. The van der Waals surface area contributed by atoms with Crippen LogP contribution < -0.4 is 15.0 Å². The zero-order valence-electron chi connectivity index (χ0n) is 19.3. The molecule has 0 radical (unpaired) electrons. The fourth-order valence-electron chi connectivity index (χ4n) is 3.68. The van der Waals surface area contributed by atoms with Crippen LogP contribution in [0.3, 0.4) is 0 Å². The van der Waals surface area contributed by atoms with Crippen molar-refractivity contribution in [2.45, 2.75) is 13.0 Å². The molecule has 1 heterocycles. The van der Waals surface area contributed by atoms with Crippen molar-refractivity contribution in [3.8, 4) is 5.75 Å². The summed E-state index contributed by atoms with van der Waals surface area (Å²) in [6, 6.07) is 16.0. The molecule has 0 unspecified atom stereocenters. The molecule has 3 aromatic carbocycles. The van der Waals surface area contributed by atoms with Gasteiger partial charge in [0.2, 0.25) is 0 Å². The first-order valence-corrected chi connectivity index (χ1v) is 11.1. The second-order valence-corrected chi connectivity index (χ2v) is 7.62. The molecule has 0 aliphatic rings. The van der Waals surface area contributed by atoms with E-state index in [1.165, 1.54) is 61.1 Å². The minimum Gasteiger partial charge on any atom is -0.493 e. The van der Waals surface area contributed by atoms with Crippen LogP contribution >= 0.6 is 0 Å². The molecule has 0 saturated heterocycles. The Kier molecular flexibility index (Phi) is 7.60. The van der Waals surface area contributed by atoms with Crippen LogP contribution in [0.15, 0.2) is 91.4 Å². The van der Waals surface area contributed by atoms with Crippen molar-refractivity contribution in [1.29, 1.82) is 0 Å². The van der Waals surface area contributed by atoms with Crippen molar-refractivity contribution in [1.82, 2.24) is 9.97 Å². The summed E-state index contributed by atoms with van der Waals surface area (Å²) in [4.78, 5) is 36.8. The van der Waals surface area contributed by atoms with Crippen LogP contribution in [0.5, 0.6) is 5.75 Å². The number of amides is 2. The van der Waals surface area contributed by atoms with Gasteiger partial charge in [-0.15, -0.1) is 0 Å². The summed E-state index contributed by atoms with van der Waals surface area (Å²) in [6.07, 6.45) is 4.02. The third kappa shape index (κ3) is 5.52. The van der Waals surface area contributed by atoms with Gasteiger partial charge in [-0.25, -0.2) is 13.8 Å². The van der Waals surface area contributed by atoms with Crippen LogP contribution in [-0.4, -0.2) is 28.4 Å². The maximum Gasteiger partial charge on any atom is 0.279 e. The number of ether oxygens (including phenoxy) is 1. The first-order chi connectivity index (χ1) is 17.5. The Hall–Kier alpha value is -4.66. The van der Waals surface area contributed by atoms with Gasteiger partial charge in [0.25, 0.3) is 11.8 Å². The molecule has 1 aromatic heterocycles. The number of nitrogens with zero attached hydrogens (tertiary/aromatic N) is 3. The molecule has 1 N–H and O–H groups in total. The average molecular weight is 488 g/mol. The summed E-state index contributed by atoms with van der Waals surface area (Å²) in [7, 11) is 0. The van der Waals surface area contributed by atoms with Gasteiger partial charge in [0.05, 0.1) is 12.8 Å². The number of para-hydroxylation sites is 1. The highest BCUT2D eigenvalue weighted by Crippen LogP contribution is 2.35. The number of halogens is 2. The van der Waals surface area contributed by atoms with Crippen molar-refractivity contribution >= 4 is 23.2 Å². The Balaban J connectivity index is 1.89. The zero-order valence-corrected chi connectivity index (χ0v) is 19.3. The van der Waals surface area contributed by atoms with E-state index in [4.69, 9.17) is 4.74 Å². The molecule has 0 aliphatic carbocycles. The number of carbonyl (C=O) groups excluding carboxylic acids is 2. The van der Waals surface area contributed by atoms with Crippen LogP contribution in [0.2, 0.25) is 0 Å². The number of hydrogen-bond donors (Lipinski definition) is 1. The normalized spacial score (nSPS) is 11.4. The summed E-state index contributed by atoms with van der Waals surface area (Å²) in [5.41, 5.74) is 0.748. The molecule has 4 aromatic rings. The number of rotatable bonds is 8. The lowest BCUT2D eigenvalue weighted by atomic mass is 10.0. The van der Waals surface area contributed by atoms with E-state index in [1.54, 1.807) is 31.2 Å². The highest BCUT2D eigenvalue weighted by atomic mass is 19.1. The third-order valence-corrected chi connectivity index (χ3v) is 5.22. The second-order valence-electron chi connectivity index (χ2n) is 7.62. The van der Waals surface area contributed by atoms with Gasteiger partial charge in [0.1, 0.15) is 29.1 Å². The summed E-state index contributed by atoms with van der Waals surface area (Å²) in [6.45, 7) is 2.10. The van der Waals surface area contributed by atoms with Crippen LogP contribution in [0.4, 0.5) is 20.2 Å². The molecule has 0 saturated carbocycles. The molecule has 0 spiro atoms. The lowest BCUT2D eigenvalue weighted by Crippen LogP contribution is -2.42. The maximum absolute atomic E-state index is 14.3. The van der Waals surface area contributed by atoms with Gasteiger partial charge >= 0.3 is 0 Å². The molecule has 1 atom stereocenters.